The maximum absolute atomic E-state index is 13.3. The number of carboxylic acids is 1. The smallest absolute Gasteiger partial charge is 0.317 e. The van der Waals surface area contributed by atoms with Crippen molar-refractivity contribution in [2.75, 3.05) is 25.4 Å². The maximum atomic E-state index is 13.3. The molecule has 0 amide bonds. The number of halogens is 1. The van der Waals surface area contributed by atoms with Crippen LogP contribution in [0.3, 0.4) is 0 Å². The van der Waals surface area contributed by atoms with Gasteiger partial charge in [-0.05, 0) is 37.5 Å². The van der Waals surface area contributed by atoms with Crippen molar-refractivity contribution in [1.82, 2.24) is 9.21 Å². The number of hydrogen-bond acceptors (Lipinski definition) is 4. The van der Waals surface area contributed by atoms with Gasteiger partial charge in [0.1, 0.15) is 5.82 Å². The van der Waals surface area contributed by atoms with E-state index in [2.05, 4.69) is 0 Å². The van der Waals surface area contributed by atoms with Crippen molar-refractivity contribution in [3.05, 3.63) is 35.6 Å². The van der Waals surface area contributed by atoms with Crippen molar-refractivity contribution >= 4 is 16.0 Å². The zero-order chi connectivity index (χ0) is 17.7. The van der Waals surface area contributed by atoms with Crippen LogP contribution in [0.25, 0.3) is 0 Å². The van der Waals surface area contributed by atoms with Crippen molar-refractivity contribution in [1.29, 1.82) is 0 Å². The standard InChI is InChI=1S/C16H23FN2O4S/c1-2-24(22,23)19-8-6-15(7-9-19)18(12-16(20)21)11-13-4-3-5-14(17)10-13/h3-5,10,15H,2,6-9,11-12H2,1H3,(H,20,21). The monoisotopic (exact) mass is 358 g/mol. The zero-order valence-corrected chi connectivity index (χ0v) is 14.5. The molecule has 1 aliphatic heterocycles. The van der Waals surface area contributed by atoms with E-state index in [1.165, 1.54) is 16.4 Å². The van der Waals surface area contributed by atoms with Crippen molar-refractivity contribution < 1.29 is 22.7 Å². The number of benzene rings is 1. The van der Waals surface area contributed by atoms with Gasteiger partial charge in [-0.3, -0.25) is 9.69 Å². The zero-order valence-electron chi connectivity index (χ0n) is 13.7. The van der Waals surface area contributed by atoms with Gasteiger partial charge in [-0.15, -0.1) is 0 Å². The van der Waals surface area contributed by atoms with Crippen LogP contribution in [-0.2, 0) is 21.4 Å². The molecule has 6 nitrogen and oxygen atoms in total. The van der Waals surface area contributed by atoms with E-state index in [1.807, 2.05) is 0 Å². The number of sulfonamides is 1. The van der Waals surface area contributed by atoms with Crippen LogP contribution in [0.15, 0.2) is 24.3 Å². The first-order valence-corrected chi connectivity index (χ1v) is 9.61. The molecular formula is C16H23FN2O4S. The average molecular weight is 358 g/mol. The Balaban J connectivity index is 2.05. The fraction of sp³-hybridized carbons (Fsp3) is 0.562. The number of rotatable bonds is 7. The molecule has 0 aromatic heterocycles. The van der Waals surface area contributed by atoms with Gasteiger partial charge < -0.3 is 5.11 Å². The Labute approximate surface area is 141 Å². The molecule has 0 spiro atoms. The Kier molecular flexibility index (Phi) is 6.31. The van der Waals surface area contributed by atoms with Gasteiger partial charge in [-0.25, -0.2) is 17.1 Å². The normalized spacial score (nSPS) is 17.3. The van der Waals surface area contributed by atoms with Gasteiger partial charge in [-0.1, -0.05) is 12.1 Å². The average Bonchev–Trinajstić information content (AvgIpc) is 2.54. The fourth-order valence-corrected chi connectivity index (χ4v) is 4.16. The number of carboxylic acid groups (broad SMARTS) is 1. The summed E-state index contributed by atoms with van der Waals surface area (Å²) in [5, 5.41) is 9.14. The van der Waals surface area contributed by atoms with Gasteiger partial charge in [-0.2, -0.15) is 0 Å². The summed E-state index contributed by atoms with van der Waals surface area (Å²) in [7, 11) is -3.21. The van der Waals surface area contributed by atoms with Crippen molar-refractivity contribution in [2.45, 2.75) is 32.4 Å². The summed E-state index contributed by atoms with van der Waals surface area (Å²) in [6.45, 7) is 2.57. The lowest BCUT2D eigenvalue weighted by atomic mass is 10.0. The number of nitrogens with zero attached hydrogens (tertiary/aromatic N) is 2. The Morgan fingerprint density at radius 2 is 2.04 bits per heavy atom. The SMILES string of the molecule is CCS(=O)(=O)N1CCC(N(CC(=O)O)Cc2cccc(F)c2)CC1. The number of carbonyl (C=O) groups is 1. The van der Waals surface area contributed by atoms with Gasteiger partial charge in [0.25, 0.3) is 0 Å². The Hall–Kier alpha value is -1.51. The third-order valence-corrected chi connectivity index (χ3v) is 6.19. The molecule has 8 heteroatoms. The van der Waals surface area contributed by atoms with Crippen LogP contribution >= 0.6 is 0 Å². The lowest BCUT2D eigenvalue weighted by Crippen LogP contribution is -2.48. The van der Waals surface area contributed by atoms with E-state index in [4.69, 9.17) is 5.11 Å². The summed E-state index contributed by atoms with van der Waals surface area (Å²) in [6.07, 6.45) is 1.14. The largest absolute Gasteiger partial charge is 0.480 e. The molecule has 1 heterocycles. The van der Waals surface area contributed by atoms with Crippen LogP contribution < -0.4 is 0 Å². The second-order valence-electron chi connectivity index (χ2n) is 5.96. The molecule has 0 aliphatic carbocycles. The minimum atomic E-state index is -3.21. The van der Waals surface area contributed by atoms with E-state index >= 15 is 0 Å². The Morgan fingerprint density at radius 3 is 2.58 bits per heavy atom. The number of piperidine rings is 1. The topological polar surface area (TPSA) is 77.9 Å². The second kappa shape index (κ2) is 8.04. The van der Waals surface area contributed by atoms with E-state index in [0.29, 0.717) is 38.0 Å². The summed E-state index contributed by atoms with van der Waals surface area (Å²) in [5.74, 6) is -1.23. The van der Waals surface area contributed by atoms with Crippen LogP contribution in [0, 0.1) is 5.82 Å². The van der Waals surface area contributed by atoms with Gasteiger partial charge in [0, 0.05) is 25.7 Å². The third-order valence-electron chi connectivity index (χ3n) is 4.31. The van der Waals surface area contributed by atoms with Crippen molar-refractivity contribution in [2.24, 2.45) is 0 Å². The fourth-order valence-electron chi connectivity index (χ4n) is 3.03. The van der Waals surface area contributed by atoms with E-state index in [0.717, 1.165) is 0 Å². The summed E-state index contributed by atoms with van der Waals surface area (Å²) in [4.78, 5) is 12.9. The first-order valence-electron chi connectivity index (χ1n) is 8.00. The lowest BCUT2D eigenvalue weighted by Gasteiger charge is -2.37. The molecule has 24 heavy (non-hydrogen) atoms. The van der Waals surface area contributed by atoms with Crippen LogP contribution in [-0.4, -0.2) is 60.1 Å². The molecule has 134 valence electrons. The van der Waals surface area contributed by atoms with Crippen LogP contribution in [0.4, 0.5) is 4.39 Å². The summed E-state index contributed by atoms with van der Waals surface area (Å²) < 4.78 is 38.6. The van der Waals surface area contributed by atoms with Gasteiger partial charge in [0.15, 0.2) is 0 Å². The van der Waals surface area contributed by atoms with E-state index in [9.17, 15) is 17.6 Å². The van der Waals surface area contributed by atoms with E-state index in [-0.39, 0.29) is 24.2 Å². The summed E-state index contributed by atoms with van der Waals surface area (Å²) >= 11 is 0. The quantitative estimate of drug-likeness (QED) is 0.800. The van der Waals surface area contributed by atoms with E-state index in [1.54, 1.807) is 24.0 Å². The molecule has 0 radical (unpaired) electrons. The van der Waals surface area contributed by atoms with Crippen LogP contribution in [0.2, 0.25) is 0 Å². The molecule has 1 N–H and O–H groups in total. The Morgan fingerprint density at radius 1 is 1.38 bits per heavy atom. The summed E-state index contributed by atoms with van der Waals surface area (Å²) in [6, 6.07) is 6.06. The van der Waals surface area contributed by atoms with Gasteiger partial charge >= 0.3 is 5.97 Å². The van der Waals surface area contributed by atoms with Crippen LogP contribution in [0.1, 0.15) is 25.3 Å². The highest BCUT2D eigenvalue weighted by molar-refractivity contribution is 7.89. The van der Waals surface area contributed by atoms with Gasteiger partial charge in [0.2, 0.25) is 10.0 Å². The molecule has 1 saturated heterocycles. The third kappa shape index (κ3) is 4.99. The van der Waals surface area contributed by atoms with Gasteiger partial charge in [0.05, 0.1) is 12.3 Å². The Bertz CT molecular complexity index is 672. The molecule has 0 unspecified atom stereocenters. The molecule has 0 bridgehead atoms. The molecule has 0 saturated carbocycles. The van der Waals surface area contributed by atoms with Crippen molar-refractivity contribution in [3.63, 3.8) is 0 Å². The molecule has 0 atom stereocenters. The number of hydrogen-bond donors (Lipinski definition) is 1. The predicted octanol–water partition coefficient (Wildman–Crippen LogP) is 1.53. The van der Waals surface area contributed by atoms with E-state index < -0.39 is 16.0 Å². The number of aliphatic carboxylic acids is 1. The molecular weight excluding hydrogens is 335 g/mol. The first kappa shape index (κ1) is 18.8. The lowest BCUT2D eigenvalue weighted by molar-refractivity contribution is -0.139. The van der Waals surface area contributed by atoms with Crippen LogP contribution in [0.5, 0.6) is 0 Å². The molecule has 2 rings (SSSR count). The minimum absolute atomic E-state index is 0.0346. The molecule has 1 aliphatic rings. The highest BCUT2D eigenvalue weighted by Gasteiger charge is 2.30. The highest BCUT2D eigenvalue weighted by Crippen LogP contribution is 2.21. The maximum Gasteiger partial charge on any atom is 0.317 e. The molecule has 1 aromatic rings. The molecule has 1 fully saturated rings. The van der Waals surface area contributed by atoms with Crippen molar-refractivity contribution in [3.8, 4) is 0 Å². The highest BCUT2D eigenvalue weighted by atomic mass is 32.2. The summed E-state index contributed by atoms with van der Waals surface area (Å²) in [5.41, 5.74) is 0.708. The molecule has 1 aromatic carbocycles. The second-order valence-corrected chi connectivity index (χ2v) is 8.22. The minimum Gasteiger partial charge on any atom is -0.480 e. The first-order chi connectivity index (χ1) is 11.3. The predicted molar refractivity (Wildman–Crippen MR) is 88.5 cm³/mol.